The summed E-state index contributed by atoms with van der Waals surface area (Å²) in [6.45, 7) is 3.33. The van der Waals surface area contributed by atoms with Crippen molar-refractivity contribution in [1.29, 1.82) is 0 Å². The average molecular weight is 335 g/mol. The van der Waals surface area contributed by atoms with Crippen LogP contribution in [0.2, 0.25) is 0 Å². The molecule has 0 unspecified atom stereocenters. The number of ether oxygens (including phenoxy) is 1. The van der Waals surface area contributed by atoms with Crippen LogP contribution in [0.3, 0.4) is 0 Å². The number of benzene rings is 2. The van der Waals surface area contributed by atoms with Crippen LogP contribution in [0.15, 0.2) is 54.6 Å². The average Bonchev–Trinajstić information content (AvgIpc) is 3.07. The minimum atomic E-state index is -0.0619. The van der Waals surface area contributed by atoms with Gasteiger partial charge in [0, 0.05) is 24.2 Å². The van der Waals surface area contributed by atoms with Crippen molar-refractivity contribution >= 4 is 23.5 Å². The van der Waals surface area contributed by atoms with E-state index >= 15 is 0 Å². The molecule has 0 bridgehead atoms. The van der Waals surface area contributed by atoms with Crippen molar-refractivity contribution < 1.29 is 14.3 Å². The molecule has 1 aliphatic heterocycles. The molecule has 0 spiro atoms. The normalized spacial score (nSPS) is 14.3. The molecule has 0 saturated carbocycles. The van der Waals surface area contributed by atoms with Crippen LogP contribution in [-0.4, -0.2) is 24.8 Å². The quantitative estimate of drug-likeness (QED) is 0.589. The molecule has 0 aromatic heterocycles. The largest absolute Gasteiger partial charge is 0.494 e. The molecule has 1 aliphatic rings. The van der Waals surface area contributed by atoms with E-state index in [9.17, 15) is 9.59 Å². The van der Waals surface area contributed by atoms with Gasteiger partial charge in [-0.25, -0.2) is 0 Å². The van der Waals surface area contributed by atoms with Crippen molar-refractivity contribution in [2.75, 3.05) is 18.1 Å². The Hall–Kier alpha value is -2.88. The Kier molecular flexibility index (Phi) is 5.29. The molecule has 4 nitrogen and oxygen atoms in total. The monoisotopic (exact) mass is 335 g/mol. The molecular weight excluding hydrogens is 314 g/mol. The Morgan fingerprint density at radius 2 is 1.84 bits per heavy atom. The van der Waals surface area contributed by atoms with Crippen LogP contribution < -0.4 is 9.64 Å². The van der Waals surface area contributed by atoms with Crippen LogP contribution in [-0.2, 0) is 4.79 Å². The zero-order valence-electron chi connectivity index (χ0n) is 14.3. The predicted octanol–water partition coefficient (Wildman–Crippen LogP) is 4.11. The smallest absolute Gasteiger partial charge is 0.227 e. The summed E-state index contributed by atoms with van der Waals surface area (Å²) in [5.74, 6) is 0.903. The van der Waals surface area contributed by atoms with E-state index in [2.05, 4.69) is 0 Å². The van der Waals surface area contributed by atoms with Gasteiger partial charge in [-0.05, 0) is 61.4 Å². The molecule has 4 heteroatoms. The molecule has 0 atom stereocenters. The Morgan fingerprint density at radius 1 is 1.12 bits per heavy atom. The van der Waals surface area contributed by atoms with Gasteiger partial charge in [-0.1, -0.05) is 18.2 Å². The van der Waals surface area contributed by atoms with Gasteiger partial charge in [0.05, 0.1) is 6.61 Å². The van der Waals surface area contributed by atoms with Crippen molar-refractivity contribution in [2.45, 2.75) is 19.8 Å². The van der Waals surface area contributed by atoms with Gasteiger partial charge >= 0.3 is 0 Å². The molecular formula is C21H21NO3. The lowest BCUT2D eigenvalue weighted by molar-refractivity contribution is -0.117. The Balaban J connectivity index is 1.65. The molecule has 0 aliphatic carbocycles. The molecule has 1 heterocycles. The third kappa shape index (κ3) is 4.15. The molecule has 2 aromatic rings. The summed E-state index contributed by atoms with van der Waals surface area (Å²) in [5.41, 5.74) is 2.41. The molecule has 3 rings (SSSR count). The van der Waals surface area contributed by atoms with Gasteiger partial charge in [-0.3, -0.25) is 9.59 Å². The highest BCUT2D eigenvalue weighted by atomic mass is 16.5. The molecule has 128 valence electrons. The summed E-state index contributed by atoms with van der Waals surface area (Å²) in [5, 5.41) is 0. The van der Waals surface area contributed by atoms with E-state index in [1.54, 1.807) is 29.2 Å². The van der Waals surface area contributed by atoms with Gasteiger partial charge < -0.3 is 9.64 Å². The number of ketones is 1. The first-order chi connectivity index (χ1) is 12.2. The summed E-state index contributed by atoms with van der Waals surface area (Å²) in [6.07, 6.45) is 4.84. The van der Waals surface area contributed by atoms with Gasteiger partial charge in [0.25, 0.3) is 0 Å². The number of carbonyl (C=O) groups excluding carboxylic acids is 2. The van der Waals surface area contributed by atoms with E-state index in [4.69, 9.17) is 4.74 Å². The van der Waals surface area contributed by atoms with Crippen molar-refractivity contribution in [3.05, 3.63) is 65.7 Å². The number of nitrogens with zero attached hydrogens (tertiary/aromatic N) is 1. The second-order valence-corrected chi connectivity index (χ2v) is 5.90. The number of allylic oxidation sites excluding steroid dienone is 1. The van der Waals surface area contributed by atoms with Crippen molar-refractivity contribution in [3.8, 4) is 5.75 Å². The number of amides is 1. The maximum atomic E-state index is 12.3. The van der Waals surface area contributed by atoms with Gasteiger partial charge in [-0.15, -0.1) is 0 Å². The summed E-state index contributed by atoms with van der Waals surface area (Å²) in [6, 6.07) is 14.8. The van der Waals surface area contributed by atoms with Crippen LogP contribution in [0.4, 0.5) is 5.69 Å². The first-order valence-corrected chi connectivity index (χ1v) is 8.53. The minimum absolute atomic E-state index is 0.0619. The lowest BCUT2D eigenvalue weighted by atomic mass is 10.1. The summed E-state index contributed by atoms with van der Waals surface area (Å²) in [4.78, 5) is 25.8. The fraction of sp³-hybridized carbons (Fsp3) is 0.238. The standard InChI is InChI=1S/C21H21NO3/c1-2-25-19-12-5-16(6-13-19)7-14-20(23)17-8-10-18(11-9-17)22-15-3-4-21(22)24/h5-14H,2-4,15H2,1H3. The first-order valence-electron chi connectivity index (χ1n) is 8.53. The molecule has 2 aromatic carbocycles. The van der Waals surface area contributed by atoms with Crippen molar-refractivity contribution in [1.82, 2.24) is 0 Å². The van der Waals surface area contributed by atoms with Crippen molar-refractivity contribution in [3.63, 3.8) is 0 Å². The molecule has 1 saturated heterocycles. The van der Waals surface area contributed by atoms with Crippen LogP contribution >= 0.6 is 0 Å². The zero-order valence-corrected chi connectivity index (χ0v) is 14.3. The third-order valence-electron chi connectivity index (χ3n) is 4.16. The van der Waals surface area contributed by atoms with Crippen LogP contribution in [0.1, 0.15) is 35.7 Å². The van der Waals surface area contributed by atoms with Crippen LogP contribution in [0.25, 0.3) is 6.08 Å². The summed E-state index contributed by atoms with van der Waals surface area (Å²) in [7, 11) is 0. The fourth-order valence-corrected chi connectivity index (χ4v) is 2.84. The number of rotatable bonds is 6. The number of hydrogen-bond acceptors (Lipinski definition) is 3. The lowest BCUT2D eigenvalue weighted by Crippen LogP contribution is -2.23. The molecule has 25 heavy (non-hydrogen) atoms. The SMILES string of the molecule is CCOc1ccc(C=CC(=O)c2ccc(N3CCCC3=O)cc2)cc1. The maximum absolute atomic E-state index is 12.3. The van der Waals surface area contributed by atoms with Crippen LogP contribution in [0.5, 0.6) is 5.75 Å². The highest BCUT2D eigenvalue weighted by Gasteiger charge is 2.21. The third-order valence-corrected chi connectivity index (χ3v) is 4.16. The van der Waals surface area contributed by atoms with Gasteiger partial charge in [0.15, 0.2) is 5.78 Å². The Labute approximate surface area is 147 Å². The molecule has 1 fully saturated rings. The van der Waals surface area contributed by atoms with Crippen molar-refractivity contribution in [2.24, 2.45) is 0 Å². The number of hydrogen-bond donors (Lipinski definition) is 0. The van der Waals surface area contributed by atoms with E-state index in [0.717, 1.165) is 30.0 Å². The van der Waals surface area contributed by atoms with Gasteiger partial charge in [0.1, 0.15) is 5.75 Å². The summed E-state index contributed by atoms with van der Waals surface area (Å²) < 4.78 is 5.40. The van der Waals surface area contributed by atoms with E-state index in [1.165, 1.54) is 0 Å². The molecule has 1 amide bonds. The minimum Gasteiger partial charge on any atom is -0.494 e. The summed E-state index contributed by atoms with van der Waals surface area (Å²) >= 11 is 0. The number of anilines is 1. The highest BCUT2D eigenvalue weighted by molar-refractivity contribution is 6.07. The van der Waals surface area contributed by atoms with E-state index in [-0.39, 0.29) is 11.7 Å². The van der Waals surface area contributed by atoms with Crippen LogP contribution in [0, 0.1) is 0 Å². The maximum Gasteiger partial charge on any atom is 0.227 e. The zero-order chi connectivity index (χ0) is 17.6. The topological polar surface area (TPSA) is 46.6 Å². The fourth-order valence-electron chi connectivity index (χ4n) is 2.84. The van der Waals surface area contributed by atoms with E-state index < -0.39 is 0 Å². The Morgan fingerprint density at radius 3 is 2.44 bits per heavy atom. The Bertz CT molecular complexity index is 776. The highest BCUT2D eigenvalue weighted by Crippen LogP contribution is 2.22. The van der Waals surface area contributed by atoms with Gasteiger partial charge in [-0.2, -0.15) is 0 Å². The predicted molar refractivity (Wildman–Crippen MR) is 99.0 cm³/mol. The number of carbonyl (C=O) groups is 2. The second-order valence-electron chi connectivity index (χ2n) is 5.90. The molecule has 0 N–H and O–H groups in total. The van der Waals surface area contributed by atoms with Gasteiger partial charge in [0.2, 0.25) is 5.91 Å². The molecule has 0 radical (unpaired) electrons. The van der Waals surface area contributed by atoms with E-state index in [0.29, 0.717) is 18.6 Å². The van der Waals surface area contributed by atoms with E-state index in [1.807, 2.05) is 43.3 Å². The first kappa shape index (κ1) is 17.0. The lowest BCUT2D eigenvalue weighted by Gasteiger charge is -2.15. The second kappa shape index (κ2) is 7.79.